The molecule has 1 fully saturated rings. The summed E-state index contributed by atoms with van der Waals surface area (Å²) in [7, 11) is 0. The Kier molecular flexibility index (Phi) is 2.19. The van der Waals surface area contributed by atoms with Gasteiger partial charge in [-0.15, -0.1) is 0 Å². The van der Waals surface area contributed by atoms with Crippen molar-refractivity contribution in [3.8, 4) is 0 Å². The lowest BCUT2D eigenvalue weighted by atomic mass is 10.1. The first-order valence-corrected chi connectivity index (χ1v) is 5.32. The quantitative estimate of drug-likeness (QED) is 0.740. The summed E-state index contributed by atoms with van der Waals surface area (Å²) >= 11 is 0. The predicted molar refractivity (Wildman–Crippen MR) is 59.9 cm³/mol. The van der Waals surface area contributed by atoms with E-state index in [1.807, 2.05) is 6.20 Å². The van der Waals surface area contributed by atoms with Crippen LogP contribution in [0.4, 0.5) is 0 Å². The summed E-state index contributed by atoms with van der Waals surface area (Å²) in [5.41, 5.74) is 2.50. The second-order valence-corrected chi connectivity index (χ2v) is 3.91. The second-order valence-electron chi connectivity index (χ2n) is 3.91. The molecule has 1 unspecified atom stereocenters. The number of aromatic amines is 1. The lowest BCUT2D eigenvalue weighted by molar-refractivity contribution is 0.0769. The molecule has 78 valence electrons. The number of nitrogens with one attached hydrogen (secondary N) is 2. The van der Waals surface area contributed by atoms with Crippen molar-refractivity contribution >= 4 is 10.9 Å². The molecule has 3 rings (SSSR count). The van der Waals surface area contributed by atoms with Gasteiger partial charge < -0.3 is 15.0 Å². The third-order valence-corrected chi connectivity index (χ3v) is 2.90. The highest BCUT2D eigenvalue weighted by atomic mass is 16.5. The lowest BCUT2D eigenvalue weighted by Crippen LogP contribution is -2.34. The fraction of sp³-hybridized carbons (Fsp3) is 0.333. The Labute approximate surface area is 88.4 Å². The molecule has 0 bridgehead atoms. The summed E-state index contributed by atoms with van der Waals surface area (Å²) in [6.45, 7) is 2.54. The van der Waals surface area contributed by atoms with Crippen LogP contribution in [0.3, 0.4) is 0 Å². The number of H-pyrrole nitrogens is 1. The van der Waals surface area contributed by atoms with Crippen molar-refractivity contribution in [2.75, 3.05) is 19.8 Å². The van der Waals surface area contributed by atoms with Crippen molar-refractivity contribution in [2.45, 2.75) is 6.04 Å². The highest BCUT2D eigenvalue weighted by Crippen LogP contribution is 2.20. The number of hydrogen-bond donors (Lipinski definition) is 2. The highest BCUT2D eigenvalue weighted by molar-refractivity contribution is 5.80. The van der Waals surface area contributed by atoms with Gasteiger partial charge in [0, 0.05) is 18.3 Å². The largest absolute Gasteiger partial charge is 0.378 e. The smallest absolute Gasteiger partial charge is 0.0662 e. The molecule has 1 aliphatic rings. The molecule has 1 atom stereocenters. The molecule has 3 nitrogen and oxygen atoms in total. The Balaban J connectivity index is 1.95. The molecule has 1 saturated heterocycles. The van der Waals surface area contributed by atoms with E-state index in [-0.39, 0.29) is 0 Å². The molecular weight excluding hydrogens is 188 g/mol. The molecule has 1 aliphatic heterocycles. The highest BCUT2D eigenvalue weighted by Gasteiger charge is 2.15. The summed E-state index contributed by atoms with van der Waals surface area (Å²) in [5, 5.41) is 4.72. The van der Waals surface area contributed by atoms with E-state index in [0.717, 1.165) is 19.8 Å². The minimum absolute atomic E-state index is 0.345. The first-order chi connectivity index (χ1) is 7.43. The Bertz CT molecular complexity index is 457. The van der Waals surface area contributed by atoms with Gasteiger partial charge in [-0.25, -0.2) is 0 Å². The van der Waals surface area contributed by atoms with E-state index >= 15 is 0 Å². The zero-order chi connectivity index (χ0) is 10.1. The van der Waals surface area contributed by atoms with Crippen molar-refractivity contribution in [1.29, 1.82) is 0 Å². The minimum Gasteiger partial charge on any atom is -0.378 e. The zero-order valence-electron chi connectivity index (χ0n) is 8.49. The molecule has 0 spiro atoms. The zero-order valence-corrected chi connectivity index (χ0v) is 8.49. The summed E-state index contributed by atoms with van der Waals surface area (Å²) in [4.78, 5) is 3.20. The maximum atomic E-state index is 5.46. The molecule has 0 amide bonds. The van der Waals surface area contributed by atoms with Gasteiger partial charge in [0.25, 0.3) is 0 Å². The molecular formula is C12H14N2O. The van der Waals surface area contributed by atoms with Crippen LogP contribution in [0.1, 0.15) is 11.6 Å². The average molecular weight is 202 g/mol. The van der Waals surface area contributed by atoms with Gasteiger partial charge in [0.15, 0.2) is 0 Å². The van der Waals surface area contributed by atoms with Crippen LogP contribution < -0.4 is 5.32 Å². The average Bonchev–Trinajstić information content (AvgIpc) is 2.77. The second kappa shape index (κ2) is 3.68. The molecule has 0 radical (unpaired) electrons. The van der Waals surface area contributed by atoms with E-state index < -0.39 is 0 Å². The van der Waals surface area contributed by atoms with Gasteiger partial charge in [-0.05, 0) is 29.1 Å². The van der Waals surface area contributed by atoms with Gasteiger partial charge in [0.2, 0.25) is 0 Å². The van der Waals surface area contributed by atoms with Crippen molar-refractivity contribution in [3.05, 3.63) is 36.0 Å². The van der Waals surface area contributed by atoms with Crippen LogP contribution in [0.15, 0.2) is 30.5 Å². The third kappa shape index (κ3) is 1.64. The summed E-state index contributed by atoms with van der Waals surface area (Å²) in [6, 6.07) is 8.95. The van der Waals surface area contributed by atoms with Crippen molar-refractivity contribution in [1.82, 2.24) is 10.3 Å². The molecule has 1 aromatic carbocycles. The minimum atomic E-state index is 0.345. The van der Waals surface area contributed by atoms with Crippen LogP contribution in [0, 0.1) is 0 Å². The van der Waals surface area contributed by atoms with Gasteiger partial charge >= 0.3 is 0 Å². The van der Waals surface area contributed by atoms with Gasteiger partial charge in [-0.1, -0.05) is 6.07 Å². The Morgan fingerprint density at radius 1 is 1.27 bits per heavy atom. The van der Waals surface area contributed by atoms with Crippen LogP contribution in [0.25, 0.3) is 10.9 Å². The Morgan fingerprint density at radius 3 is 3.13 bits per heavy atom. The van der Waals surface area contributed by atoms with Crippen LogP contribution >= 0.6 is 0 Å². The third-order valence-electron chi connectivity index (χ3n) is 2.90. The molecule has 2 aromatic rings. The summed E-state index contributed by atoms with van der Waals surface area (Å²) < 4.78 is 5.46. The van der Waals surface area contributed by atoms with E-state index in [0.29, 0.717) is 6.04 Å². The van der Waals surface area contributed by atoms with Gasteiger partial charge in [-0.3, -0.25) is 0 Å². The number of hydrogen-bond acceptors (Lipinski definition) is 2. The van der Waals surface area contributed by atoms with E-state index in [2.05, 4.69) is 34.6 Å². The number of rotatable bonds is 1. The van der Waals surface area contributed by atoms with Crippen LogP contribution in [0.2, 0.25) is 0 Å². The van der Waals surface area contributed by atoms with Crippen LogP contribution in [-0.2, 0) is 4.74 Å². The normalized spacial score (nSPS) is 22.0. The molecule has 2 N–H and O–H groups in total. The van der Waals surface area contributed by atoms with Gasteiger partial charge in [0.1, 0.15) is 0 Å². The Hall–Kier alpha value is -1.32. The summed E-state index contributed by atoms with van der Waals surface area (Å²) in [6.07, 6.45) is 1.97. The van der Waals surface area contributed by atoms with E-state index in [4.69, 9.17) is 4.74 Å². The molecule has 0 aliphatic carbocycles. The molecule has 0 saturated carbocycles. The van der Waals surface area contributed by atoms with E-state index in [1.54, 1.807) is 0 Å². The lowest BCUT2D eigenvalue weighted by Gasteiger charge is -2.24. The van der Waals surface area contributed by atoms with Gasteiger partial charge in [0.05, 0.1) is 19.3 Å². The molecule has 3 heteroatoms. The van der Waals surface area contributed by atoms with Gasteiger partial charge in [-0.2, -0.15) is 0 Å². The number of ether oxygens (including phenoxy) is 1. The number of morpholine rings is 1. The Morgan fingerprint density at radius 2 is 2.27 bits per heavy atom. The van der Waals surface area contributed by atoms with Crippen molar-refractivity contribution in [3.63, 3.8) is 0 Å². The molecule has 1 aromatic heterocycles. The number of aromatic nitrogens is 1. The SMILES string of the molecule is c1cc2cc(C3COCCN3)ccc2[nH]1. The molecule has 2 heterocycles. The fourth-order valence-electron chi connectivity index (χ4n) is 2.07. The van der Waals surface area contributed by atoms with E-state index in [1.165, 1.54) is 16.5 Å². The summed E-state index contributed by atoms with van der Waals surface area (Å²) in [5.74, 6) is 0. The maximum absolute atomic E-state index is 5.46. The predicted octanol–water partition coefficient (Wildman–Crippen LogP) is 1.83. The molecule has 15 heavy (non-hydrogen) atoms. The number of benzene rings is 1. The van der Waals surface area contributed by atoms with Crippen LogP contribution in [-0.4, -0.2) is 24.7 Å². The monoisotopic (exact) mass is 202 g/mol. The first kappa shape index (κ1) is 8.95. The fourth-order valence-corrected chi connectivity index (χ4v) is 2.07. The van der Waals surface area contributed by atoms with Crippen molar-refractivity contribution in [2.24, 2.45) is 0 Å². The maximum Gasteiger partial charge on any atom is 0.0662 e. The van der Waals surface area contributed by atoms with Crippen LogP contribution in [0.5, 0.6) is 0 Å². The van der Waals surface area contributed by atoms with Crippen molar-refractivity contribution < 1.29 is 4.74 Å². The number of fused-ring (bicyclic) bond motifs is 1. The standard InChI is InChI=1S/C12H14N2O/c1-2-11-10(3-4-13-11)7-9(1)12-8-15-6-5-14-12/h1-4,7,12-14H,5-6,8H2. The topological polar surface area (TPSA) is 37.0 Å². The van der Waals surface area contributed by atoms with E-state index in [9.17, 15) is 0 Å². The first-order valence-electron chi connectivity index (χ1n) is 5.32.